The first kappa shape index (κ1) is 37.4. The molecule has 4 rings (SSSR count). The molecule has 0 spiro atoms. The number of benzene rings is 1. The smallest absolute Gasteiger partial charge is 0.270 e. The van der Waals surface area contributed by atoms with Crippen molar-refractivity contribution >= 4 is 23.9 Å². The molecular weight excluding hydrogens is 600 g/mol. The Morgan fingerprint density at radius 1 is 1.17 bits per heavy atom. The number of imidazole rings is 1. The van der Waals surface area contributed by atoms with Crippen LogP contribution in [0.4, 0.5) is 5.82 Å². The number of methoxy groups -OCH3 is 4. The molecule has 47 heavy (non-hydrogen) atoms. The third-order valence-corrected chi connectivity index (χ3v) is 7.38. The van der Waals surface area contributed by atoms with Gasteiger partial charge in [0.15, 0.2) is 5.82 Å². The number of allylic oxidation sites excluding steroid dienone is 4. The second kappa shape index (κ2) is 20.2. The van der Waals surface area contributed by atoms with E-state index >= 15 is 0 Å². The van der Waals surface area contributed by atoms with Gasteiger partial charge in [-0.05, 0) is 51.3 Å². The first-order valence-corrected chi connectivity index (χ1v) is 15.6. The summed E-state index contributed by atoms with van der Waals surface area (Å²) in [7, 11) is 8.05. The van der Waals surface area contributed by atoms with Crippen molar-refractivity contribution in [3.8, 4) is 0 Å². The molecule has 1 unspecified atom stereocenters. The fourth-order valence-electron chi connectivity index (χ4n) is 5.11. The highest BCUT2D eigenvalue weighted by Gasteiger charge is 2.23. The number of hydrogen-bond donors (Lipinski definition) is 1. The minimum Gasteiger partial charge on any atom is -0.494 e. The molecule has 2 aliphatic rings. The van der Waals surface area contributed by atoms with Crippen LogP contribution in [0.15, 0.2) is 82.4 Å². The summed E-state index contributed by atoms with van der Waals surface area (Å²) in [4.78, 5) is 11.5. The maximum atomic E-state index is 5.94. The van der Waals surface area contributed by atoms with E-state index in [9.17, 15) is 0 Å². The predicted octanol–water partition coefficient (Wildman–Crippen LogP) is 4.85. The monoisotopic (exact) mass is 650 g/mol. The number of nitrogens with zero attached hydrogens (tertiary/aromatic N) is 5. The van der Waals surface area contributed by atoms with Crippen molar-refractivity contribution in [1.82, 2.24) is 19.9 Å². The summed E-state index contributed by atoms with van der Waals surface area (Å²) in [6, 6.07) is 8.29. The van der Waals surface area contributed by atoms with Gasteiger partial charge in [0.1, 0.15) is 11.5 Å². The lowest BCUT2D eigenvalue weighted by atomic mass is 10.0. The van der Waals surface area contributed by atoms with E-state index in [1.54, 1.807) is 14.2 Å². The van der Waals surface area contributed by atoms with Crippen LogP contribution in [0.2, 0.25) is 0 Å². The van der Waals surface area contributed by atoms with Crippen LogP contribution in [-0.4, -0.2) is 108 Å². The van der Waals surface area contributed by atoms with Gasteiger partial charge in [0, 0.05) is 59.7 Å². The van der Waals surface area contributed by atoms with E-state index in [1.165, 1.54) is 26.9 Å². The number of aliphatic imine (C=N–C) groups is 1. The van der Waals surface area contributed by atoms with Gasteiger partial charge in [0.05, 0.1) is 50.2 Å². The van der Waals surface area contributed by atoms with E-state index in [0.29, 0.717) is 32.2 Å². The minimum absolute atomic E-state index is 0.0134. The van der Waals surface area contributed by atoms with Crippen LogP contribution in [-0.2, 0) is 35.0 Å². The molecule has 1 aromatic carbocycles. The van der Waals surface area contributed by atoms with Crippen molar-refractivity contribution < 1.29 is 28.4 Å². The van der Waals surface area contributed by atoms with Gasteiger partial charge in [-0.15, -0.1) is 0 Å². The molecule has 1 aliphatic carbocycles. The number of aryl methyl sites for hydroxylation is 1. The van der Waals surface area contributed by atoms with Crippen molar-refractivity contribution in [2.24, 2.45) is 10.1 Å². The van der Waals surface area contributed by atoms with E-state index in [-0.39, 0.29) is 6.10 Å². The Morgan fingerprint density at radius 3 is 2.51 bits per heavy atom. The van der Waals surface area contributed by atoms with Gasteiger partial charge in [-0.3, -0.25) is 0 Å². The van der Waals surface area contributed by atoms with Crippen molar-refractivity contribution in [3.05, 3.63) is 89.1 Å². The molecule has 1 atom stereocenters. The number of ether oxygens (including phenoxy) is 6. The molecule has 1 aliphatic heterocycles. The van der Waals surface area contributed by atoms with Crippen LogP contribution < -0.4 is 5.43 Å². The van der Waals surface area contributed by atoms with Crippen LogP contribution in [0.1, 0.15) is 30.2 Å². The van der Waals surface area contributed by atoms with E-state index in [2.05, 4.69) is 78.6 Å². The molecule has 0 amide bonds. The number of rotatable bonds is 15. The lowest BCUT2D eigenvalue weighted by molar-refractivity contribution is -0.252. The molecule has 1 aromatic heterocycles. The number of nitrogens with one attached hydrogen (secondary N) is 1. The summed E-state index contributed by atoms with van der Waals surface area (Å²) in [5, 5.41) is 4.49. The number of hydrogen-bond acceptors (Lipinski definition) is 11. The third kappa shape index (κ3) is 11.0. The number of aromatic nitrogens is 2. The first-order valence-electron chi connectivity index (χ1n) is 15.6. The van der Waals surface area contributed by atoms with Crippen molar-refractivity contribution in [1.29, 1.82) is 0 Å². The largest absolute Gasteiger partial charge is 0.494 e. The van der Waals surface area contributed by atoms with Gasteiger partial charge in [-0.2, -0.15) is 5.10 Å². The Hall–Kier alpha value is -4.07. The average molecular weight is 651 g/mol. The summed E-state index contributed by atoms with van der Waals surface area (Å²) in [5.74, 6) is 1.55. The Morgan fingerprint density at radius 2 is 1.91 bits per heavy atom. The first-order chi connectivity index (χ1) is 22.9. The lowest BCUT2D eigenvalue weighted by Crippen LogP contribution is -2.35. The second-order valence-corrected chi connectivity index (χ2v) is 10.5. The van der Waals surface area contributed by atoms with Crippen LogP contribution in [0.3, 0.4) is 0 Å². The summed E-state index contributed by atoms with van der Waals surface area (Å²) in [6.45, 7) is 11.4. The molecule has 256 valence electrons. The van der Waals surface area contributed by atoms with Crippen molar-refractivity contribution in [2.75, 3.05) is 68.4 Å². The zero-order valence-electron chi connectivity index (χ0n) is 28.8. The fourth-order valence-corrected chi connectivity index (χ4v) is 5.11. The molecule has 12 heteroatoms. The molecule has 12 nitrogen and oxygen atoms in total. The molecule has 2 aromatic rings. The van der Waals surface area contributed by atoms with Crippen molar-refractivity contribution in [3.63, 3.8) is 0 Å². The number of morpholine rings is 1. The van der Waals surface area contributed by atoms with Gasteiger partial charge in [-0.1, -0.05) is 35.9 Å². The van der Waals surface area contributed by atoms with Crippen LogP contribution >= 0.6 is 0 Å². The molecule has 0 bridgehead atoms. The number of hydrazone groups is 1. The zero-order valence-corrected chi connectivity index (χ0v) is 28.8. The van der Waals surface area contributed by atoms with Gasteiger partial charge >= 0.3 is 0 Å². The molecule has 1 fully saturated rings. The highest BCUT2D eigenvalue weighted by molar-refractivity contribution is 6.08. The predicted molar refractivity (Wildman–Crippen MR) is 186 cm³/mol. The van der Waals surface area contributed by atoms with Gasteiger partial charge in [0.25, 0.3) is 6.48 Å². The fraction of sp³-hybridized carbons (Fsp3) is 0.457. The highest BCUT2D eigenvalue weighted by atomic mass is 16.8. The Balaban J connectivity index is 0.000000771. The van der Waals surface area contributed by atoms with Crippen LogP contribution in [0.25, 0.3) is 5.70 Å². The summed E-state index contributed by atoms with van der Waals surface area (Å²) in [5.41, 5.74) is 8.80. The summed E-state index contributed by atoms with van der Waals surface area (Å²) in [6.07, 6.45) is 12.9. The Labute approximate surface area is 279 Å². The van der Waals surface area contributed by atoms with Gasteiger partial charge in [0.2, 0.25) is 0 Å². The third-order valence-electron chi connectivity index (χ3n) is 7.38. The summed E-state index contributed by atoms with van der Waals surface area (Å²) < 4.78 is 32.9. The Kier molecular flexibility index (Phi) is 16.1. The molecule has 1 saturated heterocycles. The standard InChI is InChI=1S/C31H40N6O3.C4H10O3/c1-6-40-29-20-26(38-5)14-13-25(29)21-37-22-34-30(31(37)32-3)28(36-15-17-39-18-16-36)12-8-11-27(35-33-4)24-10-7-9-23(2)19-24;1-5-4(6-2)7-3/h7-13,19-20,22,26,33H,3,6,14-18,21H2,1-2,4-5H3;4H,1-3H3/b11-8-,28-12+,35-27+;. The quantitative estimate of drug-likeness (QED) is 0.125. The Bertz CT molecular complexity index is 1410. The normalized spacial score (nSPS) is 17.3. The highest BCUT2D eigenvalue weighted by Crippen LogP contribution is 2.31. The van der Waals surface area contributed by atoms with Crippen LogP contribution in [0, 0.1) is 6.92 Å². The molecule has 2 heterocycles. The summed E-state index contributed by atoms with van der Waals surface area (Å²) >= 11 is 0. The minimum atomic E-state index is -0.514. The second-order valence-electron chi connectivity index (χ2n) is 10.5. The average Bonchev–Trinajstić information content (AvgIpc) is 3.50. The lowest BCUT2D eigenvalue weighted by Gasteiger charge is -2.30. The molecule has 1 N–H and O–H groups in total. The molecular formula is C35H50N6O6. The van der Waals surface area contributed by atoms with Crippen molar-refractivity contribution in [2.45, 2.75) is 39.4 Å². The maximum absolute atomic E-state index is 5.94. The topological polar surface area (TPSA) is 113 Å². The zero-order chi connectivity index (χ0) is 34.0. The van der Waals surface area contributed by atoms with Gasteiger partial charge in [-0.25, -0.2) is 9.98 Å². The molecule has 0 radical (unpaired) electrons. The van der Waals surface area contributed by atoms with Gasteiger partial charge < -0.3 is 43.3 Å². The SMILES string of the molecule is C=Nc1c(\C(=C/C=C\C(=N/NC)c2cccc(C)c2)N2CCOCC2)ncn1CC1=CCC(OC)C=C1OCC.COC(OC)OC. The van der Waals surface area contributed by atoms with E-state index < -0.39 is 6.48 Å². The van der Waals surface area contributed by atoms with Crippen LogP contribution in [0.5, 0.6) is 0 Å². The molecule has 0 saturated carbocycles. The maximum Gasteiger partial charge on any atom is 0.270 e. The van der Waals surface area contributed by atoms with E-state index in [4.69, 9.17) is 19.2 Å². The van der Waals surface area contributed by atoms with E-state index in [0.717, 1.165) is 53.5 Å². The van der Waals surface area contributed by atoms with E-state index in [1.807, 2.05) is 42.1 Å².